The zero-order chi connectivity index (χ0) is 13.0. The van der Waals surface area contributed by atoms with Gasteiger partial charge in [-0.1, -0.05) is 37.8 Å². The van der Waals surface area contributed by atoms with Crippen LogP contribution in [0, 0.1) is 5.92 Å². The molecule has 0 saturated heterocycles. The predicted molar refractivity (Wildman–Crippen MR) is 69.9 cm³/mol. The van der Waals surface area contributed by atoms with Crippen LogP contribution < -0.4 is 4.74 Å². The molecule has 1 saturated carbocycles. The van der Waals surface area contributed by atoms with E-state index < -0.39 is 11.9 Å². The van der Waals surface area contributed by atoms with E-state index in [1.165, 1.54) is 25.7 Å². The van der Waals surface area contributed by atoms with Crippen LogP contribution in [-0.2, 0) is 4.79 Å². The minimum atomic E-state index is -0.727. The van der Waals surface area contributed by atoms with Crippen molar-refractivity contribution in [3.8, 4) is 5.75 Å². The van der Waals surface area contributed by atoms with E-state index in [1.54, 1.807) is 7.11 Å². The number of hydrogen-bond acceptors (Lipinski definition) is 2. The minimum Gasteiger partial charge on any atom is -0.497 e. The van der Waals surface area contributed by atoms with Crippen molar-refractivity contribution < 1.29 is 14.6 Å². The van der Waals surface area contributed by atoms with Gasteiger partial charge in [-0.15, -0.1) is 0 Å². The van der Waals surface area contributed by atoms with Crippen molar-refractivity contribution >= 4 is 5.97 Å². The van der Waals surface area contributed by atoms with Gasteiger partial charge < -0.3 is 9.84 Å². The highest BCUT2D eigenvalue weighted by Gasteiger charge is 2.26. The molecule has 1 aromatic rings. The Labute approximate surface area is 108 Å². The molecule has 0 unspecified atom stereocenters. The van der Waals surface area contributed by atoms with Crippen LogP contribution in [0.25, 0.3) is 0 Å². The van der Waals surface area contributed by atoms with E-state index in [-0.39, 0.29) is 0 Å². The fraction of sp³-hybridized carbons (Fsp3) is 0.533. The molecule has 18 heavy (non-hydrogen) atoms. The molecule has 2 rings (SSSR count). The first-order chi connectivity index (χ1) is 8.70. The van der Waals surface area contributed by atoms with Gasteiger partial charge >= 0.3 is 5.97 Å². The zero-order valence-corrected chi connectivity index (χ0v) is 10.8. The molecule has 0 radical (unpaired) electrons. The highest BCUT2D eigenvalue weighted by molar-refractivity contribution is 5.76. The average molecular weight is 248 g/mol. The van der Waals surface area contributed by atoms with E-state index in [1.807, 2.05) is 24.3 Å². The fourth-order valence-corrected chi connectivity index (χ4v) is 2.82. The molecular weight excluding hydrogens is 228 g/mol. The summed E-state index contributed by atoms with van der Waals surface area (Å²) in [5, 5.41) is 9.41. The Hall–Kier alpha value is -1.51. The molecule has 0 bridgehead atoms. The third-order valence-electron chi connectivity index (χ3n) is 3.84. The number of carboxylic acid groups (broad SMARTS) is 1. The first kappa shape index (κ1) is 12.9. The van der Waals surface area contributed by atoms with E-state index in [0.29, 0.717) is 5.92 Å². The van der Waals surface area contributed by atoms with Crippen molar-refractivity contribution in [2.75, 3.05) is 7.11 Å². The molecule has 0 amide bonds. The van der Waals surface area contributed by atoms with Crippen molar-refractivity contribution in [2.45, 2.75) is 38.0 Å². The first-order valence-electron chi connectivity index (χ1n) is 6.57. The number of aliphatic carboxylic acids is 1. The molecule has 3 nitrogen and oxygen atoms in total. The molecule has 0 aliphatic heterocycles. The van der Waals surface area contributed by atoms with Crippen molar-refractivity contribution in [1.82, 2.24) is 0 Å². The summed E-state index contributed by atoms with van der Waals surface area (Å²) < 4.78 is 5.16. The summed E-state index contributed by atoms with van der Waals surface area (Å²) in [7, 11) is 1.60. The lowest BCUT2D eigenvalue weighted by molar-refractivity contribution is -0.139. The normalized spacial score (nSPS) is 17.6. The fourth-order valence-electron chi connectivity index (χ4n) is 2.82. The maximum atomic E-state index is 11.4. The number of hydrogen-bond donors (Lipinski definition) is 1. The van der Waals surface area contributed by atoms with E-state index >= 15 is 0 Å². The molecule has 1 atom stereocenters. The molecule has 1 aliphatic carbocycles. The number of carboxylic acids is 1. The quantitative estimate of drug-likeness (QED) is 0.868. The number of ether oxygens (including phenoxy) is 1. The highest BCUT2D eigenvalue weighted by Crippen LogP contribution is 2.35. The molecule has 1 fully saturated rings. The van der Waals surface area contributed by atoms with Gasteiger partial charge in [0.2, 0.25) is 0 Å². The molecule has 98 valence electrons. The van der Waals surface area contributed by atoms with Crippen LogP contribution in [0.2, 0.25) is 0 Å². The molecule has 0 spiro atoms. The van der Waals surface area contributed by atoms with Gasteiger partial charge in [0, 0.05) is 0 Å². The second-order valence-corrected chi connectivity index (χ2v) is 5.05. The number of methoxy groups -OCH3 is 1. The minimum absolute atomic E-state index is 0.400. The van der Waals surface area contributed by atoms with Crippen molar-refractivity contribution in [3.05, 3.63) is 29.8 Å². The Morgan fingerprint density at radius 2 is 2.17 bits per heavy atom. The molecular formula is C15H20O3. The molecule has 0 aromatic heterocycles. The largest absolute Gasteiger partial charge is 0.497 e. The Morgan fingerprint density at radius 1 is 1.44 bits per heavy atom. The third-order valence-corrected chi connectivity index (χ3v) is 3.84. The summed E-state index contributed by atoms with van der Waals surface area (Å²) in [6.07, 6.45) is 5.59. The van der Waals surface area contributed by atoms with Crippen molar-refractivity contribution in [2.24, 2.45) is 5.92 Å². The lowest BCUT2D eigenvalue weighted by Crippen LogP contribution is -2.15. The maximum Gasteiger partial charge on any atom is 0.310 e. The lowest BCUT2D eigenvalue weighted by atomic mass is 9.88. The standard InChI is InChI=1S/C15H20O3/c1-18-13-8-4-7-12(10-13)14(15(16)17)9-11-5-2-3-6-11/h4,7-8,10-11,14H,2-3,5-6,9H2,1H3,(H,16,17)/t14-/m0/s1. The van der Waals surface area contributed by atoms with Gasteiger partial charge in [0.15, 0.2) is 0 Å². The second-order valence-electron chi connectivity index (χ2n) is 5.05. The summed E-state index contributed by atoms with van der Waals surface area (Å²) in [4.78, 5) is 11.4. The van der Waals surface area contributed by atoms with Crippen LogP contribution in [0.15, 0.2) is 24.3 Å². The van der Waals surface area contributed by atoms with Crippen LogP contribution in [-0.4, -0.2) is 18.2 Å². The molecule has 0 heterocycles. The van der Waals surface area contributed by atoms with Gasteiger partial charge in [0.1, 0.15) is 5.75 Å². The molecule has 1 N–H and O–H groups in total. The topological polar surface area (TPSA) is 46.5 Å². The van der Waals surface area contributed by atoms with Gasteiger partial charge in [0.05, 0.1) is 13.0 Å². The zero-order valence-electron chi connectivity index (χ0n) is 10.8. The van der Waals surface area contributed by atoms with E-state index in [2.05, 4.69) is 0 Å². The predicted octanol–water partition coefficient (Wildman–Crippen LogP) is 3.44. The van der Waals surface area contributed by atoms with E-state index in [0.717, 1.165) is 17.7 Å². The number of carbonyl (C=O) groups is 1. The average Bonchev–Trinajstić information content (AvgIpc) is 2.88. The summed E-state index contributed by atoms with van der Waals surface area (Å²) in [5.74, 6) is 0.167. The van der Waals surface area contributed by atoms with Crippen LogP contribution >= 0.6 is 0 Å². The number of benzene rings is 1. The van der Waals surface area contributed by atoms with Gasteiger partial charge in [-0.05, 0) is 30.0 Å². The maximum absolute atomic E-state index is 11.4. The van der Waals surface area contributed by atoms with Gasteiger partial charge in [-0.3, -0.25) is 4.79 Å². The highest BCUT2D eigenvalue weighted by atomic mass is 16.5. The SMILES string of the molecule is COc1cccc([C@H](CC2CCCC2)C(=O)O)c1. The Balaban J connectivity index is 2.14. The van der Waals surface area contributed by atoms with Crippen LogP contribution in [0.4, 0.5) is 0 Å². The van der Waals surface area contributed by atoms with Crippen LogP contribution in [0.1, 0.15) is 43.6 Å². The smallest absolute Gasteiger partial charge is 0.310 e. The van der Waals surface area contributed by atoms with Gasteiger partial charge in [-0.25, -0.2) is 0 Å². The lowest BCUT2D eigenvalue weighted by Gasteiger charge is -2.17. The number of rotatable bonds is 5. The van der Waals surface area contributed by atoms with Crippen molar-refractivity contribution in [1.29, 1.82) is 0 Å². The molecule has 1 aromatic carbocycles. The summed E-state index contributed by atoms with van der Waals surface area (Å²) >= 11 is 0. The Morgan fingerprint density at radius 3 is 2.78 bits per heavy atom. The van der Waals surface area contributed by atoms with Crippen LogP contribution in [0.3, 0.4) is 0 Å². The Kier molecular flexibility index (Phi) is 4.24. The van der Waals surface area contributed by atoms with Gasteiger partial charge in [0.25, 0.3) is 0 Å². The second kappa shape index (κ2) is 5.89. The third kappa shape index (κ3) is 3.03. The van der Waals surface area contributed by atoms with Crippen LogP contribution in [0.5, 0.6) is 5.75 Å². The summed E-state index contributed by atoms with van der Waals surface area (Å²) in [6, 6.07) is 7.43. The summed E-state index contributed by atoms with van der Waals surface area (Å²) in [6.45, 7) is 0. The molecule has 3 heteroatoms. The monoisotopic (exact) mass is 248 g/mol. The Bertz CT molecular complexity index is 408. The van der Waals surface area contributed by atoms with Gasteiger partial charge in [-0.2, -0.15) is 0 Å². The van der Waals surface area contributed by atoms with E-state index in [4.69, 9.17) is 4.74 Å². The van der Waals surface area contributed by atoms with Crippen molar-refractivity contribution in [3.63, 3.8) is 0 Å². The van der Waals surface area contributed by atoms with E-state index in [9.17, 15) is 9.90 Å². The first-order valence-corrected chi connectivity index (χ1v) is 6.57. The summed E-state index contributed by atoms with van der Waals surface area (Å²) in [5.41, 5.74) is 0.855. The molecule has 1 aliphatic rings.